The maximum Gasteiger partial charge on any atom is 0.338 e. The predicted molar refractivity (Wildman–Crippen MR) is 126 cm³/mol. The lowest BCUT2D eigenvalue weighted by Gasteiger charge is -2.18. The number of carbonyl (C=O) groups is 4. The van der Waals surface area contributed by atoms with Gasteiger partial charge in [0.2, 0.25) is 11.8 Å². The molecule has 0 aliphatic carbocycles. The number of carbonyl (C=O) groups excluding carboxylic acids is 4. The van der Waals surface area contributed by atoms with Crippen LogP contribution in [-0.4, -0.2) is 68.6 Å². The van der Waals surface area contributed by atoms with Crippen molar-refractivity contribution < 1.29 is 28.7 Å². The molecule has 0 aromatic heterocycles. The van der Waals surface area contributed by atoms with Crippen LogP contribution in [0.2, 0.25) is 0 Å². The van der Waals surface area contributed by atoms with Crippen molar-refractivity contribution in [3.05, 3.63) is 0 Å². The monoisotopic (exact) mass is 469 g/mol. The number of hydrogen-bond acceptors (Lipinski definition) is 7. The van der Waals surface area contributed by atoms with Crippen molar-refractivity contribution in [2.75, 3.05) is 26.7 Å². The Morgan fingerprint density at radius 3 is 2.15 bits per heavy atom. The summed E-state index contributed by atoms with van der Waals surface area (Å²) >= 11 is 0. The van der Waals surface area contributed by atoms with E-state index in [2.05, 4.69) is 16.0 Å². The standard InChI is InChI=1S/C24H43N3O6/c1-18(28)12-8-6-4-5-7-9-14-21(29)27-20(13-10-11-15-25-3)23(30)26-16-17-32-24(31)22-19(2)33-22/h19-20,22,25H,4-17H2,1-3H3,(H,26,30)(H,27,29). The van der Waals surface area contributed by atoms with E-state index in [1.807, 2.05) is 7.05 Å². The average molecular weight is 470 g/mol. The van der Waals surface area contributed by atoms with Crippen molar-refractivity contribution in [3.63, 3.8) is 0 Å². The van der Waals surface area contributed by atoms with E-state index in [1.165, 1.54) is 0 Å². The molecule has 1 heterocycles. The van der Waals surface area contributed by atoms with Crippen LogP contribution < -0.4 is 16.0 Å². The number of unbranched alkanes of at least 4 members (excludes halogenated alkanes) is 6. The van der Waals surface area contributed by atoms with E-state index in [0.717, 1.165) is 57.9 Å². The fraction of sp³-hybridized carbons (Fsp3) is 0.833. The van der Waals surface area contributed by atoms with Gasteiger partial charge in [0.25, 0.3) is 0 Å². The lowest BCUT2D eigenvalue weighted by molar-refractivity contribution is -0.145. The van der Waals surface area contributed by atoms with Crippen molar-refractivity contribution in [3.8, 4) is 0 Å². The first kappa shape index (κ1) is 29.0. The van der Waals surface area contributed by atoms with E-state index in [9.17, 15) is 19.2 Å². The van der Waals surface area contributed by atoms with Crippen LogP contribution in [-0.2, 0) is 28.7 Å². The Morgan fingerprint density at radius 2 is 1.55 bits per heavy atom. The lowest BCUT2D eigenvalue weighted by atomic mass is 10.1. The van der Waals surface area contributed by atoms with Gasteiger partial charge in [0, 0.05) is 12.8 Å². The van der Waals surface area contributed by atoms with Crippen molar-refractivity contribution in [2.24, 2.45) is 0 Å². The van der Waals surface area contributed by atoms with Gasteiger partial charge in [0.1, 0.15) is 18.4 Å². The molecule has 1 rings (SSSR count). The van der Waals surface area contributed by atoms with Gasteiger partial charge in [-0.1, -0.05) is 25.7 Å². The molecule has 3 unspecified atom stereocenters. The molecule has 3 N–H and O–H groups in total. The van der Waals surface area contributed by atoms with Gasteiger partial charge in [-0.05, 0) is 59.5 Å². The zero-order chi connectivity index (χ0) is 24.5. The molecule has 0 bridgehead atoms. The highest BCUT2D eigenvalue weighted by molar-refractivity contribution is 5.87. The third-order valence-electron chi connectivity index (χ3n) is 5.59. The van der Waals surface area contributed by atoms with Crippen LogP contribution in [0.25, 0.3) is 0 Å². The molecular weight excluding hydrogens is 426 g/mol. The summed E-state index contributed by atoms with van der Waals surface area (Å²) in [6, 6.07) is -0.594. The van der Waals surface area contributed by atoms with E-state index in [-0.39, 0.29) is 36.9 Å². The minimum Gasteiger partial charge on any atom is -0.462 e. The number of ketones is 1. The van der Waals surface area contributed by atoms with Gasteiger partial charge in [-0.2, -0.15) is 0 Å². The number of rotatable bonds is 20. The zero-order valence-corrected chi connectivity index (χ0v) is 20.6. The Bertz CT molecular complexity index is 613. The number of amides is 2. The van der Waals surface area contributed by atoms with Crippen LogP contribution in [0.1, 0.15) is 84.5 Å². The number of epoxide rings is 1. The number of esters is 1. The molecule has 9 heteroatoms. The SMILES string of the molecule is CNCCCCC(NC(=O)CCCCCCCCC(C)=O)C(=O)NCCOC(=O)C1OC1C. The van der Waals surface area contributed by atoms with Crippen LogP contribution in [0.5, 0.6) is 0 Å². The number of nitrogens with one attached hydrogen (secondary N) is 3. The third kappa shape index (κ3) is 14.7. The predicted octanol–water partition coefficient (Wildman–Crippen LogP) is 2.02. The van der Waals surface area contributed by atoms with E-state index >= 15 is 0 Å². The van der Waals surface area contributed by atoms with Crippen molar-refractivity contribution in [2.45, 2.75) is 103 Å². The average Bonchev–Trinajstić information content (AvgIpc) is 3.51. The summed E-state index contributed by atoms with van der Waals surface area (Å²) in [7, 11) is 1.88. The number of hydrogen-bond donors (Lipinski definition) is 3. The second kappa shape index (κ2) is 17.5. The topological polar surface area (TPSA) is 126 Å². The van der Waals surface area contributed by atoms with E-state index in [4.69, 9.17) is 9.47 Å². The minimum absolute atomic E-state index is 0.0734. The fourth-order valence-electron chi connectivity index (χ4n) is 3.52. The number of ether oxygens (including phenoxy) is 2. The molecule has 0 aromatic carbocycles. The second-order valence-electron chi connectivity index (χ2n) is 8.76. The highest BCUT2D eigenvalue weighted by Gasteiger charge is 2.42. The first-order valence-corrected chi connectivity index (χ1v) is 12.4. The summed E-state index contributed by atoms with van der Waals surface area (Å²) in [5.41, 5.74) is 0. The Morgan fingerprint density at radius 1 is 0.909 bits per heavy atom. The summed E-state index contributed by atoms with van der Waals surface area (Å²) < 4.78 is 10.1. The molecule has 0 aromatic rings. The van der Waals surface area contributed by atoms with E-state index < -0.39 is 18.1 Å². The van der Waals surface area contributed by atoms with Crippen molar-refractivity contribution in [1.29, 1.82) is 0 Å². The van der Waals surface area contributed by atoms with Crippen LogP contribution in [0.15, 0.2) is 0 Å². The molecule has 0 spiro atoms. The molecule has 1 aliphatic heterocycles. The fourth-order valence-corrected chi connectivity index (χ4v) is 3.52. The first-order valence-electron chi connectivity index (χ1n) is 12.4. The van der Waals surface area contributed by atoms with Crippen LogP contribution in [0, 0.1) is 0 Å². The molecule has 0 saturated carbocycles. The van der Waals surface area contributed by atoms with Gasteiger partial charge < -0.3 is 30.2 Å². The second-order valence-corrected chi connectivity index (χ2v) is 8.76. The minimum atomic E-state index is -0.594. The Kier molecular flexibility index (Phi) is 15.4. The molecule has 9 nitrogen and oxygen atoms in total. The van der Waals surface area contributed by atoms with Gasteiger partial charge in [-0.15, -0.1) is 0 Å². The molecule has 0 radical (unpaired) electrons. The van der Waals surface area contributed by atoms with Crippen molar-refractivity contribution in [1.82, 2.24) is 16.0 Å². The maximum atomic E-state index is 12.6. The molecule has 3 atom stereocenters. The molecule has 2 amide bonds. The largest absolute Gasteiger partial charge is 0.462 e. The zero-order valence-electron chi connectivity index (χ0n) is 20.6. The third-order valence-corrected chi connectivity index (χ3v) is 5.59. The lowest BCUT2D eigenvalue weighted by Crippen LogP contribution is -2.47. The Labute approximate surface area is 198 Å². The summed E-state index contributed by atoms with van der Waals surface area (Å²) in [5, 5.41) is 8.69. The van der Waals surface area contributed by atoms with Gasteiger partial charge in [0.15, 0.2) is 6.10 Å². The smallest absolute Gasteiger partial charge is 0.338 e. The van der Waals surface area contributed by atoms with Gasteiger partial charge in [-0.25, -0.2) is 4.79 Å². The summed E-state index contributed by atoms with van der Waals surface area (Å²) in [6.45, 7) is 4.53. The Hall–Kier alpha value is -2.00. The maximum absolute atomic E-state index is 12.6. The molecule has 33 heavy (non-hydrogen) atoms. The molecule has 1 aliphatic rings. The quantitative estimate of drug-likeness (QED) is 0.141. The summed E-state index contributed by atoms with van der Waals surface area (Å²) in [5.74, 6) is -0.552. The molecule has 190 valence electrons. The first-order chi connectivity index (χ1) is 15.8. The normalized spacial score (nSPS) is 17.8. The van der Waals surface area contributed by atoms with Gasteiger partial charge in [0.05, 0.1) is 12.6 Å². The van der Waals surface area contributed by atoms with Crippen LogP contribution >= 0.6 is 0 Å². The van der Waals surface area contributed by atoms with Gasteiger partial charge in [-0.3, -0.25) is 9.59 Å². The van der Waals surface area contributed by atoms with E-state index in [1.54, 1.807) is 13.8 Å². The molecule has 1 fully saturated rings. The van der Waals surface area contributed by atoms with Crippen LogP contribution in [0.3, 0.4) is 0 Å². The number of Topliss-reactive ketones (excluding diaryl/α,β-unsaturated/α-hetero) is 1. The molecule has 1 saturated heterocycles. The highest BCUT2D eigenvalue weighted by Crippen LogP contribution is 2.21. The van der Waals surface area contributed by atoms with Gasteiger partial charge >= 0.3 is 5.97 Å². The molecular formula is C24H43N3O6. The summed E-state index contributed by atoms with van der Waals surface area (Å²) in [4.78, 5) is 47.5. The Balaban J connectivity index is 2.25. The van der Waals surface area contributed by atoms with E-state index in [0.29, 0.717) is 19.3 Å². The highest BCUT2D eigenvalue weighted by atomic mass is 16.6. The van der Waals surface area contributed by atoms with Crippen LogP contribution in [0.4, 0.5) is 0 Å². The van der Waals surface area contributed by atoms with Crippen molar-refractivity contribution >= 4 is 23.6 Å². The summed E-state index contributed by atoms with van der Waals surface area (Å²) in [6.07, 6.45) is 8.58.